The Bertz CT molecular complexity index is 1030. The highest BCUT2D eigenvalue weighted by Gasteiger charge is 2.11. The zero-order chi connectivity index (χ0) is 20.8. The summed E-state index contributed by atoms with van der Waals surface area (Å²) in [7, 11) is 0. The number of halogens is 1. The Morgan fingerprint density at radius 2 is 1.52 bits per heavy atom. The minimum atomic E-state index is -0.284. The molecule has 0 spiro atoms. The molecule has 0 aliphatic heterocycles. The van der Waals surface area contributed by atoms with Gasteiger partial charge in [-0.15, -0.1) is 0 Å². The summed E-state index contributed by atoms with van der Waals surface area (Å²) in [6, 6.07) is 18.5. The number of rotatable bonds is 6. The molecule has 0 aromatic heterocycles. The van der Waals surface area contributed by atoms with Crippen molar-refractivity contribution in [2.45, 2.75) is 20.3 Å². The van der Waals surface area contributed by atoms with E-state index < -0.39 is 0 Å². The molecule has 0 bridgehead atoms. The summed E-state index contributed by atoms with van der Waals surface area (Å²) < 4.78 is 12.9. The standard InChI is InChI=1S/C24H23FN2O2/c1-16-6-11-22(14-17(16)2)27-24(29)20-5-3-4-19(15-20)23(28)26-13-12-18-7-9-21(25)10-8-18/h3-11,14-15H,12-13H2,1-2H3,(H,26,28)(H,27,29). The molecule has 3 aromatic rings. The summed E-state index contributed by atoms with van der Waals surface area (Å²) in [5.41, 5.74) is 4.73. The molecule has 0 unspecified atom stereocenters. The van der Waals surface area contributed by atoms with Crippen molar-refractivity contribution in [3.63, 3.8) is 0 Å². The average molecular weight is 390 g/mol. The van der Waals surface area contributed by atoms with Crippen molar-refractivity contribution in [2.24, 2.45) is 0 Å². The van der Waals surface area contributed by atoms with Gasteiger partial charge in [0.15, 0.2) is 0 Å². The Morgan fingerprint density at radius 1 is 0.828 bits per heavy atom. The number of carbonyl (C=O) groups excluding carboxylic acids is 2. The smallest absolute Gasteiger partial charge is 0.255 e. The van der Waals surface area contributed by atoms with Crippen molar-refractivity contribution >= 4 is 17.5 Å². The number of hydrogen-bond donors (Lipinski definition) is 2. The lowest BCUT2D eigenvalue weighted by Gasteiger charge is -2.09. The summed E-state index contributed by atoms with van der Waals surface area (Å²) in [6.45, 7) is 4.42. The zero-order valence-corrected chi connectivity index (χ0v) is 16.5. The first-order valence-electron chi connectivity index (χ1n) is 9.44. The zero-order valence-electron chi connectivity index (χ0n) is 16.5. The number of nitrogens with one attached hydrogen (secondary N) is 2. The van der Waals surface area contributed by atoms with E-state index in [4.69, 9.17) is 0 Å². The van der Waals surface area contributed by atoms with Crippen LogP contribution >= 0.6 is 0 Å². The fourth-order valence-corrected chi connectivity index (χ4v) is 2.90. The highest BCUT2D eigenvalue weighted by Crippen LogP contribution is 2.16. The van der Waals surface area contributed by atoms with Crippen LogP contribution in [0.2, 0.25) is 0 Å². The van der Waals surface area contributed by atoms with Gasteiger partial charge in [-0.2, -0.15) is 0 Å². The Labute approximate surface area is 169 Å². The second-order valence-corrected chi connectivity index (χ2v) is 6.97. The van der Waals surface area contributed by atoms with E-state index in [1.54, 1.807) is 36.4 Å². The van der Waals surface area contributed by atoms with Gasteiger partial charge < -0.3 is 10.6 Å². The van der Waals surface area contributed by atoms with Crippen molar-refractivity contribution < 1.29 is 14.0 Å². The molecule has 3 aromatic carbocycles. The first kappa shape index (κ1) is 20.3. The first-order chi connectivity index (χ1) is 13.9. The summed E-state index contributed by atoms with van der Waals surface area (Å²) in [5.74, 6) is -0.809. The molecule has 0 aliphatic rings. The molecule has 3 rings (SSSR count). The molecular formula is C24H23FN2O2. The largest absolute Gasteiger partial charge is 0.352 e. The molecular weight excluding hydrogens is 367 g/mol. The van der Waals surface area contributed by atoms with Crippen LogP contribution < -0.4 is 10.6 Å². The van der Waals surface area contributed by atoms with E-state index in [9.17, 15) is 14.0 Å². The van der Waals surface area contributed by atoms with Crippen LogP contribution in [0, 0.1) is 19.7 Å². The second kappa shape index (κ2) is 9.15. The topological polar surface area (TPSA) is 58.2 Å². The van der Waals surface area contributed by atoms with E-state index in [1.807, 2.05) is 32.0 Å². The van der Waals surface area contributed by atoms with Gasteiger partial charge >= 0.3 is 0 Å². The third-order valence-electron chi connectivity index (χ3n) is 4.76. The number of amides is 2. The van der Waals surface area contributed by atoms with Gasteiger partial charge in [0, 0.05) is 23.4 Å². The molecule has 0 atom stereocenters. The van der Waals surface area contributed by atoms with E-state index in [0.717, 1.165) is 16.7 Å². The Hall–Kier alpha value is -3.47. The van der Waals surface area contributed by atoms with Gasteiger partial charge in [0.25, 0.3) is 11.8 Å². The maximum absolute atomic E-state index is 12.9. The molecule has 4 nitrogen and oxygen atoms in total. The maximum atomic E-state index is 12.9. The Balaban J connectivity index is 1.60. The fourth-order valence-electron chi connectivity index (χ4n) is 2.90. The van der Waals surface area contributed by atoms with Crippen LogP contribution in [0.5, 0.6) is 0 Å². The highest BCUT2D eigenvalue weighted by molar-refractivity contribution is 6.06. The predicted molar refractivity (Wildman–Crippen MR) is 113 cm³/mol. The second-order valence-electron chi connectivity index (χ2n) is 6.97. The molecule has 0 aliphatic carbocycles. The molecule has 2 amide bonds. The summed E-state index contributed by atoms with van der Waals surface area (Å²) in [6.07, 6.45) is 0.596. The van der Waals surface area contributed by atoms with E-state index in [-0.39, 0.29) is 17.6 Å². The van der Waals surface area contributed by atoms with Crippen LogP contribution in [0.3, 0.4) is 0 Å². The number of carbonyl (C=O) groups is 2. The molecule has 2 N–H and O–H groups in total. The SMILES string of the molecule is Cc1ccc(NC(=O)c2cccc(C(=O)NCCc3ccc(F)cc3)c2)cc1C. The minimum absolute atomic E-state index is 0.257. The fraction of sp³-hybridized carbons (Fsp3) is 0.167. The van der Waals surface area contributed by atoms with Gasteiger partial charge in [-0.3, -0.25) is 9.59 Å². The monoisotopic (exact) mass is 390 g/mol. The molecule has 0 radical (unpaired) electrons. The van der Waals surface area contributed by atoms with Gasteiger partial charge in [0.2, 0.25) is 0 Å². The number of aryl methyl sites for hydroxylation is 2. The third kappa shape index (κ3) is 5.51. The van der Waals surface area contributed by atoms with Crippen LogP contribution in [-0.4, -0.2) is 18.4 Å². The Kier molecular flexibility index (Phi) is 6.39. The van der Waals surface area contributed by atoms with E-state index in [2.05, 4.69) is 10.6 Å². The summed E-state index contributed by atoms with van der Waals surface area (Å²) >= 11 is 0. The number of anilines is 1. The van der Waals surface area contributed by atoms with Crippen LogP contribution in [0.4, 0.5) is 10.1 Å². The average Bonchev–Trinajstić information content (AvgIpc) is 2.72. The van der Waals surface area contributed by atoms with Gasteiger partial charge in [0.05, 0.1) is 0 Å². The molecule has 0 saturated carbocycles. The molecule has 0 heterocycles. The lowest BCUT2D eigenvalue weighted by molar-refractivity contribution is 0.0954. The van der Waals surface area contributed by atoms with Crippen molar-refractivity contribution in [1.82, 2.24) is 5.32 Å². The van der Waals surface area contributed by atoms with Gasteiger partial charge in [-0.1, -0.05) is 24.3 Å². The quantitative estimate of drug-likeness (QED) is 0.643. The minimum Gasteiger partial charge on any atom is -0.352 e. The van der Waals surface area contributed by atoms with E-state index in [1.165, 1.54) is 12.1 Å². The lowest BCUT2D eigenvalue weighted by atomic mass is 10.1. The lowest BCUT2D eigenvalue weighted by Crippen LogP contribution is -2.26. The van der Waals surface area contributed by atoms with Crippen molar-refractivity contribution in [1.29, 1.82) is 0 Å². The van der Waals surface area contributed by atoms with E-state index >= 15 is 0 Å². The first-order valence-corrected chi connectivity index (χ1v) is 9.44. The molecule has 0 fully saturated rings. The van der Waals surface area contributed by atoms with Gasteiger partial charge in [-0.25, -0.2) is 4.39 Å². The third-order valence-corrected chi connectivity index (χ3v) is 4.76. The van der Waals surface area contributed by atoms with Crippen molar-refractivity contribution in [2.75, 3.05) is 11.9 Å². The molecule has 148 valence electrons. The van der Waals surface area contributed by atoms with Crippen LogP contribution in [0.15, 0.2) is 66.7 Å². The van der Waals surface area contributed by atoms with Crippen molar-refractivity contribution in [3.8, 4) is 0 Å². The molecule has 0 saturated heterocycles. The number of benzene rings is 3. The van der Waals surface area contributed by atoms with Crippen LogP contribution in [-0.2, 0) is 6.42 Å². The van der Waals surface area contributed by atoms with Gasteiger partial charge in [-0.05, 0) is 79.4 Å². The number of hydrogen-bond acceptors (Lipinski definition) is 2. The summed E-state index contributed by atoms with van der Waals surface area (Å²) in [4.78, 5) is 24.9. The molecule has 5 heteroatoms. The summed E-state index contributed by atoms with van der Waals surface area (Å²) in [5, 5.41) is 5.69. The molecule has 29 heavy (non-hydrogen) atoms. The van der Waals surface area contributed by atoms with E-state index in [0.29, 0.717) is 29.8 Å². The Morgan fingerprint density at radius 3 is 2.21 bits per heavy atom. The predicted octanol–water partition coefficient (Wildman–Crippen LogP) is 4.67. The van der Waals surface area contributed by atoms with Crippen LogP contribution in [0.25, 0.3) is 0 Å². The van der Waals surface area contributed by atoms with Crippen molar-refractivity contribution in [3.05, 3.63) is 100 Å². The normalized spacial score (nSPS) is 10.4. The van der Waals surface area contributed by atoms with Gasteiger partial charge in [0.1, 0.15) is 5.82 Å². The maximum Gasteiger partial charge on any atom is 0.255 e. The van der Waals surface area contributed by atoms with Crippen LogP contribution in [0.1, 0.15) is 37.4 Å². The highest BCUT2D eigenvalue weighted by atomic mass is 19.1.